The average Bonchev–Trinajstić information content (AvgIpc) is 3.15. The van der Waals surface area contributed by atoms with Crippen LogP contribution in [0.5, 0.6) is 11.6 Å². The first-order chi connectivity index (χ1) is 14.7. The van der Waals surface area contributed by atoms with Crippen LogP contribution in [0.2, 0.25) is 4.47 Å². The van der Waals surface area contributed by atoms with E-state index in [1.165, 1.54) is 39.8 Å². The van der Waals surface area contributed by atoms with Gasteiger partial charge in [-0.15, -0.1) is 11.3 Å². The molecule has 0 spiro atoms. The van der Waals surface area contributed by atoms with Crippen LogP contribution in [0.4, 0.5) is 13.2 Å². The van der Waals surface area contributed by atoms with Gasteiger partial charge in [0.25, 0.3) is 11.5 Å². The maximum atomic E-state index is 13.3. The van der Waals surface area contributed by atoms with Gasteiger partial charge < -0.3 is 9.84 Å². The molecule has 0 saturated carbocycles. The largest absolute Gasteiger partial charge is 0.496 e. The summed E-state index contributed by atoms with van der Waals surface area (Å²) in [5, 5.41) is 11.1. The van der Waals surface area contributed by atoms with Gasteiger partial charge in [-0.05, 0) is 24.3 Å². The van der Waals surface area contributed by atoms with Crippen molar-refractivity contribution in [3.05, 3.63) is 74.1 Å². The number of fused-ring (bicyclic) bond motifs is 1. The zero-order chi connectivity index (χ0) is 22.3. The van der Waals surface area contributed by atoms with E-state index in [9.17, 15) is 23.1 Å². The molecule has 4 rings (SSSR count). The standard InChI is InChI=1S/C20H13ClF3N3O3S/c1-30-14-6-5-11(20(22,23)24)8-13(14)16-17(28)26-7-3-2-4-15(26)27(18(16)29)10-12-9-25-19(21)31-12/h2-9H,10H2,1H3/p+1. The predicted molar refractivity (Wildman–Crippen MR) is 109 cm³/mol. The molecule has 0 bridgehead atoms. The van der Waals surface area contributed by atoms with Crippen molar-refractivity contribution in [1.29, 1.82) is 0 Å². The molecule has 31 heavy (non-hydrogen) atoms. The molecular formula is C20H14ClF3N3O3S+. The molecule has 0 aliphatic heterocycles. The predicted octanol–water partition coefficient (Wildman–Crippen LogP) is 4.15. The van der Waals surface area contributed by atoms with E-state index in [4.69, 9.17) is 16.3 Å². The van der Waals surface area contributed by atoms with Crippen LogP contribution < -0.4 is 14.9 Å². The number of aromatic nitrogens is 3. The minimum Gasteiger partial charge on any atom is -0.496 e. The number of thiazole rings is 1. The van der Waals surface area contributed by atoms with E-state index in [2.05, 4.69) is 4.98 Å². The van der Waals surface area contributed by atoms with E-state index < -0.39 is 23.2 Å². The van der Waals surface area contributed by atoms with Crippen molar-refractivity contribution in [1.82, 2.24) is 9.38 Å². The number of hydrogen-bond acceptors (Lipinski definition) is 5. The van der Waals surface area contributed by atoms with Crippen LogP contribution in [0, 0.1) is 0 Å². The fourth-order valence-electron chi connectivity index (χ4n) is 3.27. The summed E-state index contributed by atoms with van der Waals surface area (Å²) < 4.78 is 48.1. The van der Waals surface area contributed by atoms with Crippen LogP contribution >= 0.6 is 22.9 Å². The van der Waals surface area contributed by atoms with Crippen molar-refractivity contribution >= 4 is 28.6 Å². The molecule has 0 fully saturated rings. The molecule has 1 N–H and O–H groups in total. The summed E-state index contributed by atoms with van der Waals surface area (Å²) >= 11 is 7.07. The summed E-state index contributed by atoms with van der Waals surface area (Å²) in [5.74, 6) is -0.484. The Hall–Kier alpha value is -3.11. The molecule has 160 valence electrons. The maximum Gasteiger partial charge on any atom is 0.416 e. The summed E-state index contributed by atoms with van der Waals surface area (Å²) in [6, 6.07) is 7.65. The molecule has 0 amide bonds. The van der Waals surface area contributed by atoms with Crippen molar-refractivity contribution in [2.75, 3.05) is 7.11 Å². The number of nitrogens with zero attached hydrogens (tertiary/aromatic N) is 3. The van der Waals surface area contributed by atoms with E-state index in [0.29, 0.717) is 15.0 Å². The summed E-state index contributed by atoms with van der Waals surface area (Å²) in [5.41, 5.74) is -1.81. The Kier molecular flexibility index (Phi) is 5.36. The van der Waals surface area contributed by atoms with Gasteiger partial charge in [-0.1, -0.05) is 17.7 Å². The first-order valence-electron chi connectivity index (χ1n) is 8.82. The van der Waals surface area contributed by atoms with Gasteiger partial charge in [0.2, 0.25) is 0 Å². The fraction of sp³-hybridized carbons (Fsp3) is 0.150. The smallest absolute Gasteiger partial charge is 0.416 e. The van der Waals surface area contributed by atoms with Gasteiger partial charge in [-0.2, -0.15) is 22.1 Å². The number of methoxy groups -OCH3 is 1. The fourth-order valence-corrected chi connectivity index (χ4v) is 4.24. The number of aromatic hydroxyl groups is 1. The molecule has 0 unspecified atom stereocenters. The van der Waals surface area contributed by atoms with Crippen LogP contribution in [0.3, 0.4) is 0 Å². The molecule has 0 radical (unpaired) electrons. The molecule has 0 atom stereocenters. The number of rotatable bonds is 4. The van der Waals surface area contributed by atoms with Crippen LogP contribution in [0.25, 0.3) is 16.8 Å². The zero-order valence-corrected chi connectivity index (χ0v) is 17.4. The van der Waals surface area contributed by atoms with Crippen molar-refractivity contribution in [2.24, 2.45) is 0 Å². The van der Waals surface area contributed by atoms with Gasteiger partial charge >= 0.3 is 11.7 Å². The van der Waals surface area contributed by atoms with E-state index in [1.807, 2.05) is 0 Å². The highest BCUT2D eigenvalue weighted by atomic mass is 35.5. The quantitative estimate of drug-likeness (QED) is 0.457. The molecule has 6 nitrogen and oxygen atoms in total. The number of benzene rings is 1. The zero-order valence-electron chi connectivity index (χ0n) is 15.9. The second-order valence-electron chi connectivity index (χ2n) is 6.51. The summed E-state index contributed by atoms with van der Waals surface area (Å²) in [6.45, 7) is 0.0955. The molecule has 4 aromatic rings. The van der Waals surface area contributed by atoms with Crippen molar-refractivity contribution < 1.29 is 27.6 Å². The van der Waals surface area contributed by atoms with Crippen molar-refractivity contribution in [3.8, 4) is 22.8 Å². The van der Waals surface area contributed by atoms with E-state index >= 15 is 0 Å². The van der Waals surface area contributed by atoms with Gasteiger partial charge in [-0.3, -0.25) is 0 Å². The van der Waals surface area contributed by atoms with Gasteiger partial charge in [0.1, 0.15) is 12.3 Å². The van der Waals surface area contributed by atoms with Gasteiger partial charge in [-0.25, -0.2) is 9.78 Å². The Morgan fingerprint density at radius 1 is 1.29 bits per heavy atom. The lowest BCUT2D eigenvalue weighted by Crippen LogP contribution is -2.41. The third kappa shape index (κ3) is 3.84. The number of pyridine rings is 1. The minimum atomic E-state index is -4.64. The average molecular weight is 469 g/mol. The summed E-state index contributed by atoms with van der Waals surface area (Å²) in [4.78, 5) is 17.8. The van der Waals surface area contributed by atoms with Crippen LogP contribution in [-0.2, 0) is 12.7 Å². The number of alkyl halides is 3. The Bertz CT molecular complexity index is 1350. The normalized spacial score (nSPS) is 11.8. The lowest BCUT2D eigenvalue weighted by Gasteiger charge is -2.14. The van der Waals surface area contributed by atoms with Gasteiger partial charge in [0, 0.05) is 17.8 Å². The first kappa shape index (κ1) is 21.1. The highest BCUT2D eigenvalue weighted by Crippen LogP contribution is 2.38. The third-order valence-corrected chi connectivity index (χ3v) is 5.76. The second-order valence-corrected chi connectivity index (χ2v) is 8.21. The third-order valence-electron chi connectivity index (χ3n) is 4.66. The van der Waals surface area contributed by atoms with Crippen molar-refractivity contribution in [2.45, 2.75) is 12.7 Å². The molecule has 1 aromatic carbocycles. The molecular weight excluding hydrogens is 455 g/mol. The lowest BCUT2D eigenvalue weighted by atomic mass is 10.0. The van der Waals surface area contributed by atoms with Crippen molar-refractivity contribution in [3.63, 3.8) is 0 Å². The van der Waals surface area contributed by atoms with Crippen LogP contribution in [0.15, 0.2) is 53.6 Å². The Balaban J connectivity index is 2.05. The Labute approximate surface area is 182 Å². The van der Waals surface area contributed by atoms with Crippen LogP contribution in [-0.4, -0.2) is 21.6 Å². The van der Waals surface area contributed by atoms with E-state index in [-0.39, 0.29) is 23.4 Å². The molecule has 11 heteroatoms. The summed E-state index contributed by atoms with van der Waals surface area (Å²) in [7, 11) is 1.27. The minimum absolute atomic E-state index is 0.0173. The number of halogens is 4. The molecule has 0 saturated heterocycles. The SMILES string of the molecule is COc1ccc(C(F)(F)F)cc1-c1c(O)[n+](Cc2cnc(Cl)s2)c2ccccn2c1=O. The first-order valence-corrected chi connectivity index (χ1v) is 10.0. The monoisotopic (exact) mass is 468 g/mol. The molecule has 0 aliphatic carbocycles. The number of ether oxygens (including phenoxy) is 1. The molecule has 3 aromatic heterocycles. The second kappa shape index (κ2) is 7.86. The summed E-state index contributed by atoms with van der Waals surface area (Å²) in [6.07, 6.45) is -1.65. The number of hydrogen-bond donors (Lipinski definition) is 1. The molecule has 0 aliphatic rings. The van der Waals surface area contributed by atoms with E-state index in [0.717, 1.165) is 18.2 Å². The van der Waals surface area contributed by atoms with Gasteiger partial charge in [0.05, 0.1) is 23.7 Å². The highest BCUT2D eigenvalue weighted by Gasteiger charge is 2.34. The topological polar surface area (TPSA) is 67.7 Å². The van der Waals surface area contributed by atoms with Gasteiger partial charge in [0.15, 0.2) is 10.0 Å². The highest BCUT2D eigenvalue weighted by molar-refractivity contribution is 7.15. The molecule has 3 heterocycles. The van der Waals surface area contributed by atoms with Crippen LogP contribution in [0.1, 0.15) is 10.4 Å². The maximum absolute atomic E-state index is 13.3. The Morgan fingerprint density at radius 3 is 2.71 bits per heavy atom. The lowest BCUT2D eigenvalue weighted by molar-refractivity contribution is -0.671. The Morgan fingerprint density at radius 2 is 2.06 bits per heavy atom. The van der Waals surface area contributed by atoms with E-state index in [1.54, 1.807) is 18.2 Å².